The highest BCUT2D eigenvalue weighted by molar-refractivity contribution is 4.97. The molecule has 0 aromatic carbocycles. The third-order valence-corrected chi connectivity index (χ3v) is 5.23. The first kappa shape index (κ1) is 14.0. The SMILES string of the molecule is CCC(C)(C(C)(C)C)C(C)(C)C(C)C. The summed E-state index contributed by atoms with van der Waals surface area (Å²) in [5.74, 6) is 0.728. The Bertz CT molecular complexity index is 181. The lowest BCUT2D eigenvalue weighted by atomic mass is 9.50. The highest BCUT2D eigenvalue weighted by Gasteiger charge is 2.48. The molecule has 86 valence electrons. The molecule has 0 fully saturated rings. The first-order chi connectivity index (χ1) is 6.00. The Balaban J connectivity index is 5.25. The maximum atomic E-state index is 2.45. The van der Waals surface area contributed by atoms with E-state index in [-0.39, 0.29) is 0 Å². The van der Waals surface area contributed by atoms with Crippen LogP contribution in [0.25, 0.3) is 0 Å². The molecule has 0 spiro atoms. The van der Waals surface area contributed by atoms with E-state index < -0.39 is 0 Å². The summed E-state index contributed by atoms with van der Waals surface area (Å²) >= 11 is 0. The van der Waals surface area contributed by atoms with Gasteiger partial charge >= 0.3 is 0 Å². The fourth-order valence-electron chi connectivity index (χ4n) is 2.59. The monoisotopic (exact) mass is 198 g/mol. The normalized spacial score (nSPS) is 18.4. The molecule has 1 unspecified atom stereocenters. The first-order valence-corrected chi connectivity index (χ1v) is 6.00. The quantitative estimate of drug-likeness (QED) is 0.589. The minimum absolute atomic E-state index is 0.371. The average molecular weight is 198 g/mol. The van der Waals surface area contributed by atoms with Gasteiger partial charge in [0.25, 0.3) is 0 Å². The second-order valence-corrected chi connectivity index (χ2v) is 6.81. The zero-order valence-electron chi connectivity index (χ0n) is 11.8. The van der Waals surface area contributed by atoms with Crippen molar-refractivity contribution in [2.75, 3.05) is 0 Å². The Morgan fingerprint density at radius 2 is 1.21 bits per heavy atom. The van der Waals surface area contributed by atoms with Gasteiger partial charge < -0.3 is 0 Å². The molecule has 0 rings (SSSR count). The lowest BCUT2D eigenvalue weighted by molar-refractivity contribution is -0.0583. The highest BCUT2D eigenvalue weighted by atomic mass is 14.5. The number of hydrogen-bond donors (Lipinski definition) is 0. The van der Waals surface area contributed by atoms with Gasteiger partial charge in [-0.25, -0.2) is 0 Å². The molecule has 0 aliphatic rings. The summed E-state index contributed by atoms with van der Waals surface area (Å²) in [6, 6.07) is 0. The molecule has 0 heterocycles. The number of rotatable bonds is 3. The topological polar surface area (TPSA) is 0 Å². The Morgan fingerprint density at radius 3 is 1.29 bits per heavy atom. The van der Waals surface area contributed by atoms with Crippen LogP contribution in [0.4, 0.5) is 0 Å². The van der Waals surface area contributed by atoms with Crippen LogP contribution in [0.2, 0.25) is 0 Å². The molecule has 0 heteroatoms. The van der Waals surface area contributed by atoms with Gasteiger partial charge in [-0.1, -0.05) is 62.3 Å². The maximum Gasteiger partial charge on any atom is -0.0226 e. The zero-order chi connectivity index (χ0) is 11.8. The average Bonchev–Trinajstić information content (AvgIpc) is 2.00. The maximum absolute atomic E-state index is 2.45. The lowest BCUT2D eigenvalue weighted by Gasteiger charge is -2.55. The third kappa shape index (κ3) is 1.99. The van der Waals surface area contributed by atoms with Gasteiger partial charge in [-0.05, 0) is 28.6 Å². The second kappa shape index (κ2) is 3.87. The van der Waals surface area contributed by atoms with Gasteiger partial charge in [-0.15, -0.1) is 0 Å². The van der Waals surface area contributed by atoms with E-state index >= 15 is 0 Å². The van der Waals surface area contributed by atoms with Crippen LogP contribution in [0.15, 0.2) is 0 Å². The van der Waals surface area contributed by atoms with E-state index in [9.17, 15) is 0 Å². The predicted molar refractivity (Wildman–Crippen MR) is 66.5 cm³/mol. The summed E-state index contributed by atoms with van der Waals surface area (Å²) < 4.78 is 0. The van der Waals surface area contributed by atoms with Crippen molar-refractivity contribution in [1.82, 2.24) is 0 Å². The molecule has 0 radical (unpaired) electrons. The van der Waals surface area contributed by atoms with E-state index in [1.54, 1.807) is 0 Å². The molecular weight excluding hydrogens is 168 g/mol. The Morgan fingerprint density at radius 1 is 0.857 bits per heavy atom. The fourth-order valence-corrected chi connectivity index (χ4v) is 2.59. The molecule has 0 aliphatic carbocycles. The second-order valence-electron chi connectivity index (χ2n) is 6.81. The number of hydrogen-bond acceptors (Lipinski definition) is 0. The summed E-state index contributed by atoms with van der Waals surface area (Å²) in [4.78, 5) is 0. The molecule has 0 amide bonds. The summed E-state index contributed by atoms with van der Waals surface area (Å²) in [7, 11) is 0. The standard InChI is InChI=1S/C14H30/c1-10-14(9,12(4,5)6)13(7,8)11(2)3/h11H,10H2,1-9H3. The molecule has 1 atom stereocenters. The van der Waals surface area contributed by atoms with Crippen LogP contribution in [-0.2, 0) is 0 Å². The lowest BCUT2D eigenvalue weighted by Crippen LogP contribution is -2.47. The van der Waals surface area contributed by atoms with Crippen molar-refractivity contribution in [3.63, 3.8) is 0 Å². The molecule has 0 saturated heterocycles. The van der Waals surface area contributed by atoms with Crippen LogP contribution < -0.4 is 0 Å². The summed E-state index contributed by atoms with van der Waals surface area (Å²) in [5, 5.41) is 0. The van der Waals surface area contributed by atoms with Gasteiger partial charge in [0.2, 0.25) is 0 Å². The van der Waals surface area contributed by atoms with Gasteiger partial charge in [0.1, 0.15) is 0 Å². The van der Waals surface area contributed by atoms with Crippen molar-refractivity contribution >= 4 is 0 Å². The van der Waals surface area contributed by atoms with Crippen molar-refractivity contribution in [3.8, 4) is 0 Å². The Labute approximate surface area is 91.5 Å². The van der Waals surface area contributed by atoms with Gasteiger partial charge in [0.15, 0.2) is 0 Å². The molecule has 0 aromatic rings. The highest BCUT2D eigenvalue weighted by Crippen LogP contribution is 2.56. The Kier molecular flexibility index (Phi) is 3.87. The minimum Gasteiger partial charge on any atom is -0.0648 e. The van der Waals surface area contributed by atoms with Gasteiger partial charge in [0, 0.05) is 0 Å². The van der Waals surface area contributed by atoms with E-state index in [2.05, 4.69) is 62.3 Å². The van der Waals surface area contributed by atoms with Crippen LogP contribution in [0.3, 0.4) is 0 Å². The van der Waals surface area contributed by atoms with Crippen LogP contribution >= 0.6 is 0 Å². The van der Waals surface area contributed by atoms with Gasteiger partial charge in [-0.3, -0.25) is 0 Å². The smallest absolute Gasteiger partial charge is 0.0226 e. The van der Waals surface area contributed by atoms with Crippen LogP contribution in [0.5, 0.6) is 0 Å². The van der Waals surface area contributed by atoms with Crippen LogP contribution in [0, 0.1) is 22.2 Å². The molecule has 0 bridgehead atoms. The van der Waals surface area contributed by atoms with Crippen molar-refractivity contribution in [2.45, 2.75) is 68.7 Å². The zero-order valence-corrected chi connectivity index (χ0v) is 11.8. The molecule has 0 aromatic heterocycles. The van der Waals surface area contributed by atoms with Crippen molar-refractivity contribution in [3.05, 3.63) is 0 Å². The third-order valence-electron chi connectivity index (χ3n) is 5.23. The fraction of sp³-hybridized carbons (Fsp3) is 1.00. The van der Waals surface area contributed by atoms with Gasteiger partial charge in [-0.2, -0.15) is 0 Å². The molecule has 0 nitrogen and oxygen atoms in total. The van der Waals surface area contributed by atoms with E-state index in [0.717, 1.165) is 5.92 Å². The predicted octanol–water partition coefficient (Wildman–Crippen LogP) is 5.13. The minimum atomic E-state index is 0.371. The van der Waals surface area contributed by atoms with Crippen molar-refractivity contribution < 1.29 is 0 Å². The summed E-state index contributed by atoms with van der Waals surface area (Å²) in [6.07, 6.45) is 1.25. The van der Waals surface area contributed by atoms with E-state index in [1.807, 2.05) is 0 Å². The van der Waals surface area contributed by atoms with Crippen molar-refractivity contribution in [2.24, 2.45) is 22.2 Å². The first-order valence-electron chi connectivity index (χ1n) is 6.00. The Hall–Kier alpha value is 0. The van der Waals surface area contributed by atoms with E-state index in [0.29, 0.717) is 16.2 Å². The molecular formula is C14H30. The van der Waals surface area contributed by atoms with E-state index in [4.69, 9.17) is 0 Å². The largest absolute Gasteiger partial charge is 0.0648 e. The van der Waals surface area contributed by atoms with Crippen LogP contribution in [0.1, 0.15) is 68.7 Å². The van der Waals surface area contributed by atoms with E-state index in [1.165, 1.54) is 6.42 Å². The molecule has 14 heavy (non-hydrogen) atoms. The van der Waals surface area contributed by atoms with Crippen LogP contribution in [-0.4, -0.2) is 0 Å². The van der Waals surface area contributed by atoms with Gasteiger partial charge in [0.05, 0.1) is 0 Å². The summed E-state index contributed by atoms with van der Waals surface area (Å²) in [5.41, 5.74) is 1.16. The summed E-state index contributed by atoms with van der Waals surface area (Å²) in [6.45, 7) is 21.4. The molecule has 0 N–H and O–H groups in total. The van der Waals surface area contributed by atoms with Crippen molar-refractivity contribution in [1.29, 1.82) is 0 Å². The molecule has 0 saturated carbocycles. The molecule has 0 aliphatic heterocycles.